The van der Waals surface area contributed by atoms with E-state index in [0.717, 1.165) is 5.82 Å². The average Bonchev–Trinajstić information content (AvgIpc) is 3.18. The summed E-state index contributed by atoms with van der Waals surface area (Å²) < 4.78 is 1.78. The van der Waals surface area contributed by atoms with E-state index in [-0.39, 0.29) is 24.2 Å². The van der Waals surface area contributed by atoms with Crippen molar-refractivity contribution in [1.82, 2.24) is 19.4 Å². The second-order valence-electron chi connectivity index (χ2n) is 6.46. The fourth-order valence-electron chi connectivity index (χ4n) is 2.82. The van der Waals surface area contributed by atoms with Crippen LogP contribution in [0.25, 0.3) is 5.82 Å². The highest BCUT2D eigenvalue weighted by Crippen LogP contribution is 2.21. The van der Waals surface area contributed by atoms with Crippen LogP contribution < -0.4 is 5.32 Å². The Bertz CT molecular complexity index is 709. The van der Waals surface area contributed by atoms with Crippen LogP contribution in [0.4, 0.5) is 5.69 Å². The maximum absolute atomic E-state index is 12.4. The van der Waals surface area contributed by atoms with Gasteiger partial charge in [-0.25, -0.2) is 9.97 Å². The SMILES string of the molecule is CC(C)CN1C[C@@H](C(=O)Nc2ccc(-n3ccnc3)nc2)CC1=O. The van der Waals surface area contributed by atoms with Crippen LogP contribution >= 0.6 is 0 Å². The molecule has 1 N–H and O–H groups in total. The number of amides is 2. The number of hydrogen-bond acceptors (Lipinski definition) is 4. The summed E-state index contributed by atoms with van der Waals surface area (Å²) in [6.45, 7) is 5.31. The van der Waals surface area contributed by atoms with Gasteiger partial charge >= 0.3 is 0 Å². The molecule has 1 atom stereocenters. The molecule has 0 saturated carbocycles. The van der Waals surface area contributed by atoms with Gasteiger partial charge in [0.2, 0.25) is 11.8 Å². The molecule has 1 saturated heterocycles. The first-order chi connectivity index (χ1) is 11.5. The molecule has 7 heteroatoms. The van der Waals surface area contributed by atoms with Gasteiger partial charge in [-0.1, -0.05) is 13.8 Å². The highest BCUT2D eigenvalue weighted by molar-refractivity contribution is 5.97. The molecule has 0 spiro atoms. The van der Waals surface area contributed by atoms with E-state index < -0.39 is 0 Å². The Kier molecular flexibility index (Phi) is 4.59. The predicted molar refractivity (Wildman–Crippen MR) is 89.5 cm³/mol. The van der Waals surface area contributed by atoms with E-state index in [1.807, 2.05) is 6.07 Å². The average molecular weight is 327 g/mol. The molecule has 1 aliphatic heterocycles. The standard InChI is InChI=1S/C17H21N5O2/c1-12(2)9-22-10-13(7-16(22)23)17(24)20-14-3-4-15(19-8-14)21-6-5-18-11-21/h3-6,8,11-13H,7,9-10H2,1-2H3,(H,20,24)/t13-/m0/s1. The number of aromatic nitrogens is 3. The van der Waals surface area contributed by atoms with Crippen molar-refractivity contribution in [2.24, 2.45) is 11.8 Å². The number of carbonyl (C=O) groups excluding carboxylic acids is 2. The Morgan fingerprint density at radius 2 is 2.25 bits per heavy atom. The molecular weight excluding hydrogens is 306 g/mol. The Hall–Kier alpha value is -2.70. The fraction of sp³-hybridized carbons (Fsp3) is 0.412. The summed E-state index contributed by atoms with van der Waals surface area (Å²) in [5, 5.41) is 2.85. The van der Waals surface area contributed by atoms with Gasteiger partial charge in [0.15, 0.2) is 0 Å². The fourth-order valence-corrected chi connectivity index (χ4v) is 2.82. The second kappa shape index (κ2) is 6.82. The number of carbonyl (C=O) groups is 2. The van der Waals surface area contributed by atoms with Gasteiger partial charge in [0.05, 0.1) is 17.8 Å². The molecule has 7 nitrogen and oxygen atoms in total. The van der Waals surface area contributed by atoms with Gasteiger partial charge in [-0.2, -0.15) is 0 Å². The Morgan fingerprint density at radius 1 is 1.42 bits per heavy atom. The van der Waals surface area contributed by atoms with Gasteiger partial charge in [-0.05, 0) is 18.1 Å². The molecular formula is C17H21N5O2. The monoisotopic (exact) mass is 327 g/mol. The Balaban J connectivity index is 1.60. The van der Waals surface area contributed by atoms with Crippen LogP contribution in [-0.2, 0) is 9.59 Å². The zero-order chi connectivity index (χ0) is 17.1. The molecule has 0 radical (unpaired) electrons. The Morgan fingerprint density at radius 3 is 2.88 bits per heavy atom. The number of nitrogens with one attached hydrogen (secondary N) is 1. The smallest absolute Gasteiger partial charge is 0.229 e. The van der Waals surface area contributed by atoms with Gasteiger partial charge in [0.1, 0.15) is 12.1 Å². The zero-order valence-corrected chi connectivity index (χ0v) is 13.8. The topological polar surface area (TPSA) is 80.1 Å². The minimum absolute atomic E-state index is 0.0532. The van der Waals surface area contributed by atoms with Crippen molar-refractivity contribution in [1.29, 1.82) is 0 Å². The molecule has 1 aliphatic rings. The van der Waals surface area contributed by atoms with Crippen molar-refractivity contribution < 1.29 is 9.59 Å². The lowest BCUT2D eigenvalue weighted by molar-refractivity contribution is -0.128. The van der Waals surface area contributed by atoms with E-state index in [1.54, 1.807) is 40.5 Å². The van der Waals surface area contributed by atoms with Crippen LogP contribution in [0.3, 0.4) is 0 Å². The molecule has 2 aromatic rings. The van der Waals surface area contributed by atoms with Crippen molar-refractivity contribution in [3.63, 3.8) is 0 Å². The highest BCUT2D eigenvalue weighted by Gasteiger charge is 2.34. The molecule has 0 aliphatic carbocycles. The molecule has 2 amide bonds. The molecule has 0 aromatic carbocycles. The summed E-state index contributed by atoms with van der Waals surface area (Å²) in [4.78, 5) is 34.4. The lowest BCUT2D eigenvalue weighted by Crippen LogP contribution is -2.31. The van der Waals surface area contributed by atoms with Crippen molar-refractivity contribution in [2.75, 3.05) is 18.4 Å². The van der Waals surface area contributed by atoms with E-state index in [9.17, 15) is 9.59 Å². The van der Waals surface area contributed by atoms with Crippen LogP contribution in [0.15, 0.2) is 37.1 Å². The molecule has 0 unspecified atom stereocenters. The first kappa shape index (κ1) is 16.2. The molecule has 24 heavy (non-hydrogen) atoms. The third-order valence-electron chi connectivity index (χ3n) is 3.96. The number of rotatable bonds is 5. The summed E-state index contributed by atoms with van der Waals surface area (Å²) in [5.74, 6) is 0.745. The van der Waals surface area contributed by atoms with Crippen LogP contribution in [0.2, 0.25) is 0 Å². The summed E-state index contributed by atoms with van der Waals surface area (Å²) in [5.41, 5.74) is 0.624. The maximum atomic E-state index is 12.4. The minimum Gasteiger partial charge on any atom is -0.342 e. The number of likely N-dealkylation sites (tertiary alicyclic amines) is 1. The molecule has 1 fully saturated rings. The van der Waals surface area contributed by atoms with Crippen LogP contribution in [0, 0.1) is 11.8 Å². The lowest BCUT2D eigenvalue weighted by Gasteiger charge is -2.18. The summed E-state index contributed by atoms with van der Waals surface area (Å²) in [7, 11) is 0. The minimum atomic E-state index is -0.301. The molecule has 0 bridgehead atoms. The predicted octanol–water partition coefficient (Wildman–Crippen LogP) is 1.71. The lowest BCUT2D eigenvalue weighted by atomic mass is 10.1. The normalized spacial score (nSPS) is 17.5. The summed E-state index contributed by atoms with van der Waals surface area (Å²) in [6, 6.07) is 3.60. The third-order valence-corrected chi connectivity index (χ3v) is 3.96. The third kappa shape index (κ3) is 3.61. The molecule has 3 heterocycles. The summed E-state index contributed by atoms with van der Waals surface area (Å²) >= 11 is 0. The quantitative estimate of drug-likeness (QED) is 0.906. The van der Waals surface area contributed by atoms with Gasteiger partial charge in [0.25, 0.3) is 0 Å². The first-order valence-electron chi connectivity index (χ1n) is 8.06. The van der Waals surface area contributed by atoms with E-state index in [4.69, 9.17) is 0 Å². The van der Waals surface area contributed by atoms with E-state index >= 15 is 0 Å². The Labute approximate surface area is 140 Å². The van der Waals surface area contributed by atoms with Crippen molar-refractivity contribution >= 4 is 17.5 Å². The highest BCUT2D eigenvalue weighted by atomic mass is 16.2. The first-order valence-corrected chi connectivity index (χ1v) is 8.06. The number of imidazole rings is 1. The van der Waals surface area contributed by atoms with Crippen LogP contribution in [0.1, 0.15) is 20.3 Å². The summed E-state index contributed by atoms with van der Waals surface area (Å²) in [6.07, 6.45) is 7.02. The molecule has 3 rings (SSSR count). The van der Waals surface area contributed by atoms with Crippen molar-refractivity contribution in [2.45, 2.75) is 20.3 Å². The van der Waals surface area contributed by atoms with E-state index in [1.165, 1.54) is 0 Å². The molecule has 2 aromatic heterocycles. The van der Waals surface area contributed by atoms with E-state index in [2.05, 4.69) is 29.1 Å². The van der Waals surface area contributed by atoms with Gasteiger partial charge in [0, 0.05) is 31.9 Å². The molecule has 126 valence electrons. The van der Waals surface area contributed by atoms with Gasteiger partial charge in [-0.15, -0.1) is 0 Å². The number of anilines is 1. The van der Waals surface area contributed by atoms with Crippen LogP contribution in [0.5, 0.6) is 0 Å². The van der Waals surface area contributed by atoms with Crippen molar-refractivity contribution in [3.05, 3.63) is 37.1 Å². The zero-order valence-electron chi connectivity index (χ0n) is 13.8. The van der Waals surface area contributed by atoms with E-state index in [0.29, 0.717) is 24.7 Å². The number of hydrogen-bond donors (Lipinski definition) is 1. The largest absolute Gasteiger partial charge is 0.342 e. The van der Waals surface area contributed by atoms with Gasteiger partial charge in [-0.3, -0.25) is 14.2 Å². The number of nitrogens with zero attached hydrogens (tertiary/aromatic N) is 4. The maximum Gasteiger partial charge on any atom is 0.229 e. The second-order valence-corrected chi connectivity index (χ2v) is 6.46. The van der Waals surface area contributed by atoms with Crippen LogP contribution in [-0.4, -0.2) is 44.3 Å². The van der Waals surface area contributed by atoms with Gasteiger partial charge < -0.3 is 10.2 Å². The number of pyridine rings is 1. The van der Waals surface area contributed by atoms with Crippen molar-refractivity contribution in [3.8, 4) is 5.82 Å².